The van der Waals surface area contributed by atoms with Gasteiger partial charge in [-0.15, -0.1) is 0 Å². The van der Waals surface area contributed by atoms with Gasteiger partial charge in [-0.25, -0.2) is 14.4 Å². The number of benzene rings is 2. The highest BCUT2D eigenvalue weighted by Gasteiger charge is 2.19. The van der Waals surface area contributed by atoms with Gasteiger partial charge in [0.15, 0.2) is 0 Å². The van der Waals surface area contributed by atoms with Crippen LogP contribution in [0.5, 0.6) is 0 Å². The first-order valence-corrected chi connectivity index (χ1v) is 11.3. The van der Waals surface area contributed by atoms with Crippen molar-refractivity contribution in [2.75, 3.05) is 29.9 Å². The zero-order valence-electron chi connectivity index (χ0n) is 18.4. The van der Waals surface area contributed by atoms with Gasteiger partial charge in [0.2, 0.25) is 11.9 Å². The van der Waals surface area contributed by atoms with E-state index >= 15 is 0 Å². The Labute approximate surface area is 201 Å². The molecule has 2 aromatic heterocycles. The van der Waals surface area contributed by atoms with Crippen LogP contribution >= 0.6 is 11.6 Å². The second-order valence-electron chi connectivity index (χ2n) is 8.14. The number of carbonyl (C=O) groups is 1. The highest BCUT2D eigenvalue weighted by molar-refractivity contribution is 6.34. The van der Waals surface area contributed by atoms with Crippen molar-refractivity contribution in [1.29, 1.82) is 0 Å². The van der Waals surface area contributed by atoms with E-state index < -0.39 is 0 Å². The van der Waals surface area contributed by atoms with Gasteiger partial charge in [0.05, 0.1) is 28.8 Å². The molecule has 1 fully saturated rings. The first-order chi connectivity index (χ1) is 16.5. The van der Waals surface area contributed by atoms with Crippen LogP contribution in [0.4, 0.5) is 16.0 Å². The van der Waals surface area contributed by atoms with E-state index in [9.17, 15) is 9.18 Å². The maximum Gasteiger partial charge on any atom is 0.239 e. The van der Waals surface area contributed by atoms with Crippen molar-refractivity contribution in [3.8, 4) is 11.1 Å². The summed E-state index contributed by atoms with van der Waals surface area (Å²) in [6.45, 7) is 3.37. The lowest BCUT2D eigenvalue weighted by molar-refractivity contribution is -0.120. The molecule has 3 heterocycles. The van der Waals surface area contributed by atoms with E-state index in [1.165, 1.54) is 6.07 Å². The molecule has 34 heavy (non-hydrogen) atoms. The Balaban J connectivity index is 1.47. The van der Waals surface area contributed by atoms with Crippen LogP contribution in [0.1, 0.15) is 18.5 Å². The van der Waals surface area contributed by atoms with Crippen LogP contribution in [0.3, 0.4) is 0 Å². The van der Waals surface area contributed by atoms with Gasteiger partial charge >= 0.3 is 0 Å². The molecule has 1 aliphatic heterocycles. The minimum atomic E-state index is -0.308. The molecule has 7 nitrogen and oxygen atoms in total. The molecule has 1 unspecified atom stereocenters. The maximum atomic E-state index is 14.3. The summed E-state index contributed by atoms with van der Waals surface area (Å²) in [6.07, 6.45) is 5.07. The number of rotatable bonds is 5. The van der Waals surface area contributed by atoms with Crippen LogP contribution < -0.4 is 15.5 Å². The van der Waals surface area contributed by atoms with E-state index in [1.807, 2.05) is 30.0 Å². The van der Waals surface area contributed by atoms with Crippen molar-refractivity contribution in [2.24, 2.45) is 0 Å². The monoisotopic (exact) mass is 476 g/mol. The van der Waals surface area contributed by atoms with Gasteiger partial charge in [0, 0.05) is 48.2 Å². The second kappa shape index (κ2) is 9.23. The summed E-state index contributed by atoms with van der Waals surface area (Å²) >= 11 is 6.51. The number of anilines is 2. The minimum absolute atomic E-state index is 0.0394. The number of hydrogen-bond acceptors (Lipinski definition) is 6. The molecule has 1 aliphatic rings. The quantitative estimate of drug-likeness (QED) is 0.438. The van der Waals surface area contributed by atoms with Crippen LogP contribution in [-0.4, -0.2) is 40.5 Å². The van der Waals surface area contributed by atoms with Gasteiger partial charge < -0.3 is 15.5 Å². The molecule has 0 saturated carbocycles. The molecule has 0 radical (unpaired) electrons. The molecule has 0 bridgehead atoms. The average molecular weight is 477 g/mol. The number of hydrogen-bond donors (Lipinski definition) is 2. The van der Waals surface area contributed by atoms with E-state index in [1.54, 1.807) is 36.8 Å². The molecule has 0 aliphatic carbocycles. The molecular formula is C25H22ClFN6O. The zero-order valence-corrected chi connectivity index (χ0v) is 19.2. The van der Waals surface area contributed by atoms with Crippen molar-refractivity contribution < 1.29 is 9.18 Å². The predicted octanol–water partition coefficient (Wildman–Crippen LogP) is 4.59. The van der Waals surface area contributed by atoms with Crippen LogP contribution in [-0.2, 0) is 4.79 Å². The zero-order chi connectivity index (χ0) is 23.7. The van der Waals surface area contributed by atoms with Crippen molar-refractivity contribution in [3.05, 3.63) is 77.5 Å². The summed E-state index contributed by atoms with van der Waals surface area (Å²) in [7, 11) is 0. The van der Waals surface area contributed by atoms with Crippen LogP contribution in [0.15, 0.2) is 61.1 Å². The van der Waals surface area contributed by atoms with Gasteiger partial charge in [-0.1, -0.05) is 35.9 Å². The average Bonchev–Trinajstić information content (AvgIpc) is 2.86. The van der Waals surface area contributed by atoms with Crippen LogP contribution in [0.25, 0.3) is 22.0 Å². The summed E-state index contributed by atoms with van der Waals surface area (Å²) < 4.78 is 14.3. The molecule has 0 spiro atoms. The smallest absolute Gasteiger partial charge is 0.239 e. The number of pyridine rings is 1. The van der Waals surface area contributed by atoms with Gasteiger partial charge in [0.25, 0.3) is 0 Å². The molecule has 172 valence electrons. The van der Waals surface area contributed by atoms with Gasteiger partial charge in [0.1, 0.15) is 5.82 Å². The fourth-order valence-electron chi connectivity index (χ4n) is 4.06. The van der Waals surface area contributed by atoms with Gasteiger partial charge in [-0.3, -0.25) is 9.78 Å². The summed E-state index contributed by atoms with van der Waals surface area (Å²) in [5, 5.41) is 7.41. The number of halogens is 2. The Bertz CT molecular complexity index is 1360. The van der Waals surface area contributed by atoms with Crippen molar-refractivity contribution in [3.63, 3.8) is 0 Å². The highest BCUT2D eigenvalue weighted by Crippen LogP contribution is 2.35. The number of amides is 1. The molecule has 9 heteroatoms. The lowest BCUT2D eigenvalue weighted by Gasteiger charge is -2.26. The Morgan fingerprint density at radius 3 is 2.65 bits per heavy atom. The first kappa shape index (κ1) is 22.0. The fourth-order valence-corrected chi connectivity index (χ4v) is 4.26. The van der Waals surface area contributed by atoms with Crippen LogP contribution in [0, 0.1) is 5.82 Å². The molecule has 2 aromatic carbocycles. The fraction of sp³-hybridized carbons (Fsp3) is 0.200. The number of carbonyl (C=O) groups excluding carboxylic acids is 1. The maximum absolute atomic E-state index is 14.3. The van der Waals surface area contributed by atoms with E-state index in [-0.39, 0.29) is 24.3 Å². The molecular weight excluding hydrogens is 455 g/mol. The summed E-state index contributed by atoms with van der Waals surface area (Å²) in [4.78, 5) is 26.9. The van der Waals surface area contributed by atoms with Crippen molar-refractivity contribution >= 4 is 40.0 Å². The molecule has 2 N–H and O–H groups in total. The third-order valence-electron chi connectivity index (χ3n) is 5.85. The third kappa shape index (κ3) is 4.36. The normalized spacial score (nSPS) is 14.7. The molecule has 5 rings (SSSR count). The number of aromatic nitrogens is 3. The van der Waals surface area contributed by atoms with E-state index in [0.717, 1.165) is 22.0 Å². The van der Waals surface area contributed by atoms with Crippen molar-refractivity contribution in [2.45, 2.75) is 13.0 Å². The Morgan fingerprint density at radius 1 is 1.09 bits per heavy atom. The number of piperazine rings is 1. The molecule has 1 atom stereocenters. The molecule has 1 amide bonds. The predicted molar refractivity (Wildman–Crippen MR) is 131 cm³/mol. The van der Waals surface area contributed by atoms with E-state index in [0.29, 0.717) is 35.3 Å². The summed E-state index contributed by atoms with van der Waals surface area (Å²) in [6, 6.07) is 12.2. The van der Waals surface area contributed by atoms with Crippen molar-refractivity contribution in [1.82, 2.24) is 20.3 Å². The van der Waals surface area contributed by atoms with E-state index in [2.05, 4.69) is 25.6 Å². The largest absolute Gasteiger partial charge is 0.377 e. The Hall–Kier alpha value is -3.78. The number of nitrogens with one attached hydrogen (secondary N) is 2. The second-order valence-corrected chi connectivity index (χ2v) is 8.55. The SMILES string of the molecule is CC(Nc1c(Cl)cnc2ccc(-c3cnc(N4CCNC(=O)C4)nc3)cc12)c1ccccc1F. The first-order valence-electron chi connectivity index (χ1n) is 10.9. The standard InChI is InChI=1S/C25H22ClFN6O/c1-15(18-4-2-3-5-21(18)27)32-24-19-10-16(6-7-22(19)29-13-20(24)26)17-11-30-25(31-12-17)33-9-8-28-23(34)14-33/h2-7,10-13,15H,8-9,14H2,1H3,(H,28,34)(H,29,32). The summed E-state index contributed by atoms with van der Waals surface area (Å²) in [5.41, 5.74) is 3.70. The number of fused-ring (bicyclic) bond motifs is 1. The summed E-state index contributed by atoms with van der Waals surface area (Å²) in [5.74, 6) is 0.203. The Kier molecular flexibility index (Phi) is 5.98. The molecule has 4 aromatic rings. The topological polar surface area (TPSA) is 83.0 Å². The highest BCUT2D eigenvalue weighted by atomic mass is 35.5. The third-order valence-corrected chi connectivity index (χ3v) is 6.13. The lowest BCUT2D eigenvalue weighted by atomic mass is 10.0. The van der Waals surface area contributed by atoms with Crippen LogP contribution in [0.2, 0.25) is 5.02 Å². The lowest BCUT2D eigenvalue weighted by Crippen LogP contribution is -2.48. The number of nitrogens with zero attached hydrogens (tertiary/aromatic N) is 4. The molecule has 1 saturated heterocycles. The van der Waals surface area contributed by atoms with E-state index in [4.69, 9.17) is 11.6 Å². The van der Waals surface area contributed by atoms with Gasteiger partial charge in [-0.05, 0) is 30.7 Å². The minimum Gasteiger partial charge on any atom is -0.377 e. The van der Waals surface area contributed by atoms with Gasteiger partial charge in [-0.2, -0.15) is 0 Å². The Morgan fingerprint density at radius 2 is 1.88 bits per heavy atom.